The second kappa shape index (κ2) is 54.5. The molecule has 0 saturated carbocycles. The number of allylic oxidation sites excluding steroid dienone is 14. The molecule has 0 aromatic rings. The van der Waals surface area contributed by atoms with E-state index >= 15 is 0 Å². The van der Waals surface area contributed by atoms with Crippen molar-refractivity contribution in [3.63, 3.8) is 0 Å². The highest BCUT2D eigenvalue weighted by atomic mass is 16.7. The Morgan fingerprint density at radius 3 is 1.28 bits per heavy atom. The standard InChI is InChI=1S/C67H112O12/c1-4-7-10-13-16-19-22-25-27-29-30-32-33-36-38-41-44-47-50-53-59(68)75-56-58(77-60(69)54-51-48-45-42-39-35-24-21-18-15-12-9-6-3)57-76-67-65(63(72)62(71)64(79-67)66(73)74)78-61(70)55-52-49-46-43-40-37-34-31-28-26-23-20-17-14-11-8-5-2/h8,11,17,20-21,24-28,34,37,43,46,58,62-65,67,71-72H,4-7,9-10,12-16,18-19,22-23,29-33,35-36,38-42,44-45,47-57H2,1-3H3,(H,73,74)/b11-8-,20-17-,24-21-,27-25-,28-26-,37-34-,46-43-. The molecule has 12 heteroatoms. The highest BCUT2D eigenvalue weighted by Crippen LogP contribution is 2.26. The number of rotatable bonds is 53. The van der Waals surface area contributed by atoms with Gasteiger partial charge in [-0.2, -0.15) is 0 Å². The van der Waals surface area contributed by atoms with E-state index in [1.165, 1.54) is 109 Å². The second-order valence-electron chi connectivity index (χ2n) is 21.3. The lowest BCUT2D eigenvalue weighted by Gasteiger charge is -2.40. The van der Waals surface area contributed by atoms with Crippen molar-refractivity contribution in [2.24, 2.45) is 0 Å². The summed E-state index contributed by atoms with van der Waals surface area (Å²) in [5.74, 6) is -3.21. The van der Waals surface area contributed by atoms with Gasteiger partial charge in [0.15, 0.2) is 24.6 Å². The fraction of sp³-hybridized carbons (Fsp3) is 0.731. The van der Waals surface area contributed by atoms with Crippen LogP contribution in [0.2, 0.25) is 0 Å². The van der Waals surface area contributed by atoms with Crippen LogP contribution in [-0.2, 0) is 42.9 Å². The lowest BCUT2D eigenvalue weighted by atomic mass is 9.98. The van der Waals surface area contributed by atoms with E-state index in [9.17, 15) is 34.5 Å². The van der Waals surface area contributed by atoms with Gasteiger partial charge in [-0.1, -0.05) is 221 Å². The van der Waals surface area contributed by atoms with E-state index < -0.39 is 67.3 Å². The summed E-state index contributed by atoms with van der Waals surface area (Å²) in [4.78, 5) is 51.2. The van der Waals surface area contributed by atoms with Crippen LogP contribution < -0.4 is 0 Å². The summed E-state index contributed by atoms with van der Waals surface area (Å²) in [5.41, 5.74) is 0. The molecule has 1 heterocycles. The van der Waals surface area contributed by atoms with E-state index in [1.807, 2.05) is 12.2 Å². The van der Waals surface area contributed by atoms with Crippen molar-refractivity contribution in [1.29, 1.82) is 0 Å². The predicted molar refractivity (Wildman–Crippen MR) is 321 cm³/mol. The molecule has 1 saturated heterocycles. The molecule has 452 valence electrons. The predicted octanol–water partition coefficient (Wildman–Crippen LogP) is 16.7. The van der Waals surface area contributed by atoms with Crippen LogP contribution in [0.4, 0.5) is 0 Å². The van der Waals surface area contributed by atoms with Crippen LogP contribution in [0.25, 0.3) is 0 Å². The number of ether oxygens (including phenoxy) is 5. The quantitative estimate of drug-likeness (QED) is 0.0228. The van der Waals surface area contributed by atoms with E-state index in [2.05, 4.69) is 93.7 Å². The fourth-order valence-corrected chi connectivity index (χ4v) is 9.10. The van der Waals surface area contributed by atoms with Gasteiger partial charge in [-0.3, -0.25) is 14.4 Å². The Morgan fingerprint density at radius 2 is 0.810 bits per heavy atom. The number of aliphatic hydroxyl groups excluding tert-OH is 2. The number of carboxylic acids is 1. The Bertz CT molecular complexity index is 1700. The van der Waals surface area contributed by atoms with Gasteiger partial charge < -0.3 is 39.0 Å². The molecule has 0 radical (unpaired) electrons. The van der Waals surface area contributed by atoms with Gasteiger partial charge in [-0.15, -0.1) is 0 Å². The molecule has 0 amide bonds. The van der Waals surface area contributed by atoms with Gasteiger partial charge in [0.05, 0.1) is 6.61 Å². The Balaban J connectivity index is 2.69. The lowest BCUT2D eigenvalue weighted by molar-refractivity contribution is -0.301. The molecule has 1 fully saturated rings. The van der Waals surface area contributed by atoms with Crippen molar-refractivity contribution in [2.75, 3.05) is 13.2 Å². The first-order valence-electron chi connectivity index (χ1n) is 31.6. The van der Waals surface area contributed by atoms with Crippen molar-refractivity contribution >= 4 is 23.9 Å². The molecule has 1 rings (SSSR count). The number of carbonyl (C=O) groups excluding carboxylic acids is 3. The third-order valence-corrected chi connectivity index (χ3v) is 13.9. The van der Waals surface area contributed by atoms with Crippen LogP contribution in [0.5, 0.6) is 0 Å². The summed E-state index contributed by atoms with van der Waals surface area (Å²) < 4.78 is 28.4. The number of hydrogen-bond donors (Lipinski definition) is 3. The molecule has 6 atom stereocenters. The smallest absolute Gasteiger partial charge is 0.335 e. The van der Waals surface area contributed by atoms with Gasteiger partial charge in [0.2, 0.25) is 0 Å². The van der Waals surface area contributed by atoms with E-state index in [1.54, 1.807) is 0 Å². The van der Waals surface area contributed by atoms with Crippen molar-refractivity contribution in [1.82, 2.24) is 0 Å². The molecule has 0 spiro atoms. The monoisotopic (exact) mass is 1110 g/mol. The summed E-state index contributed by atoms with van der Waals surface area (Å²) in [6, 6.07) is 0. The third-order valence-electron chi connectivity index (χ3n) is 13.9. The first-order chi connectivity index (χ1) is 38.6. The number of carbonyl (C=O) groups is 4. The fourth-order valence-electron chi connectivity index (χ4n) is 9.10. The molecular formula is C67H112O12. The Labute approximate surface area is 480 Å². The first kappa shape index (κ1) is 72.9. The normalized spacial score (nSPS) is 18.4. The molecular weight excluding hydrogens is 997 g/mol. The Morgan fingerprint density at radius 1 is 0.430 bits per heavy atom. The van der Waals surface area contributed by atoms with Crippen LogP contribution in [0, 0.1) is 0 Å². The highest BCUT2D eigenvalue weighted by molar-refractivity contribution is 5.74. The van der Waals surface area contributed by atoms with Crippen LogP contribution in [0.1, 0.15) is 265 Å². The maximum absolute atomic E-state index is 13.2. The molecule has 1 aliphatic heterocycles. The lowest BCUT2D eigenvalue weighted by Crippen LogP contribution is -2.61. The molecule has 0 bridgehead atoms. The highest BCUT2D eigenvalue weighted by Gasteiger charge is 2.50. The molecule has 0 aromatic heterocycles. The molecule has 79 heavy (non-hydrogen) atoms. The minimum absolute atomic E-state index is 0.0210. The van der Waals surface area contributed by atoms with Gasteiger partial charge in [0.1, 0.15) is 18.8 Å². The zero-order valence-electron chi connectivity index (χ0n) is 49.8. The Kier molecular flexibility index (Phi) is 50.3. The van der Waals surface area contributed by atoms with Crippen LogP contribution >= 0.6 is 0 Å². The van der Waals surface area contributed by atoms with Gasteiger partial charge in [-0.05, 0) is 109 Å². The maximum atomic E-state index is 13.2. The average molecular weight is 1110 g/mol. The van der Waals surface area contributed by atoms with Crippen LogP contribution in [0.3, 0.4) is 0 Å². The molecule has 0 aliphatic carbocycles. The molecule has 0 aromatic carbocycles. The summed E-state index contributed by atoms with van der Waals surface area (Å²) in [5, 5.41) is 31.5. The van der Waals surface area contributed by atoms with Crippen molar-refractivity contribution in [3.05, 3.63) is 85.1 Å². The number of carboxylic acid groups (broad SMARTS) is 1. The van der Waals surface area contributed by atoms with Gasteiger partial charge >= 0.3 is 23.9 Å². The summed E-state index contributed by atoms with van der Waals surface area (Å²) >= 11 is 0. The number of unbranched alkanes of at least 4 members (excludes halogenated alkanes) is 25. The zero-order valence-corrected chi connectivity index (χ0v) is 49.8. The van der Waals surface area contributed by atoms with E-state index in [4.69, 9.17) is 23.7 Å². The topological polar surface area (TPSA) is 175 Å². The summed E-state index contributed by atoms with van der Waals surface area (Å²) in [6.45, 7) is 5.84. The van der Waals surface area contributed by atoms with E-state index in [0.717, 1.165) is 89.9 Å². The molecule has 3 N–H and O–H groups in total. The number of aliphatic carboxylic acids is 1. The van der Waals surface area contributed by atoms with Gasteiger partial charge in [0, 0.05) is 19.3 Å². The largest absolute Gasteiger partial charge is 0.479 e. The first-order valence-corrected chi connectivity index (χ1v) is 31.6. The van der Waals surface area contributed by atoms with E-state index in [0.29, 0.717) is 25.7 Å². The molecule has 6 unspecified atom stereocenters. The van der Waals surface area contributed by atoms with Crippen molar-refractivity contribution in [2.45, 2.75) is 302 Å². The molecule has 1 aliphatic rings. The van der Waals surface area contributed by atoms with Crippen molar-refractivity contribution < 1.29 is 58.2 Å². The zero-order chi connectivity index (χ0) is 57.5. The minimum Gasteiger partial charge on any atom is -0.479 e. The second-order valence-corrected chi connectivity index (χ2v) is 21.3. The number of esters is 3. The summed E-state index contributed by atoms with van der Waals surface area (Å²) in [6.07, 6.45) is 58.4. The third kappa shape index (κ3) is 44.3. The number of aliphatic hydroxyl groups is 2. The van der Waals surface area contributed by atoms with Gasteiger partial charge in [-0.25, -0.2) is 4.79 Å². The van der Waals surface area contributed by atoms with Crippen LogP contribution in [0.15, 0.2) is 85.1 Å². The SMILES string of the molecule is CC/C=C\C/C=C\C/C=C\C/C=C\C/C=C\CCCC(=O)OC1C(OCC(COC(=O)CCCCCCCCCCC/C=C\CCCCCCCC)OC(=O)CCCCCCC/C=C\CCCCCC)OC(C(=O)O)C(O)C1O. The van der Waals surface area contributed by atoms with Gasteiger partial charge in [0.25, 0.3) is 0 Å². The Hall–Kier alpha value is -4.10. The molecule has 12 nitrogen and oxygen atoms in total. The van der Waals surface area contributed by atoms with E-state index in [-0.39, 0.29) is 25.9 Å². The number of hydrogen-bond acceptors (Lipinski definition) is 11. The average Bonchev–Trinajstić information content (AvgIpc) is 3.46. The van der Waals surface area contributed by atoms with Crippen LogP contribution in [-0.4, -0.2) is 89.2 Å². The summed E-state index contributed by atoms with van der Waals surface area (Å²) in [7, 11) is 0. The maximum Gasteiger partial charge on any atom is 0.335 e. The van der Waals surface area contributed by atoms with Crippen molar-refractivity contribution in [3.8, 4) is 0 Å². The minimum atomic E-state index is -1.93.